The summed E-state index contributed by atoms with van der Waals surface area (Å²) in [5.41, 5.74) is 1.99. The highest BCUT2D eigenvalue weighted by atomic mass is 35.5. The zero-order valence-corrected chi connectivity index (χ0v) is 12.5. The SMILES string of the molecule is CC=CC1(C=CCl)CCC(C2CCCCC2)CC1. The largest absolute Gasteiger partial charge is 0.0933 e. The summed E-state index contributed by atoms with van der Waals surface area (Å²) in [5, 5.41) is 0. The highest BCUT2D eigenvalue weighted by Gasteiger charge is 2.34. The standard InChI is InChI=1S/C17H27Cl/c1-2-10-17(13-14-18)11-8-16(9-12-17)15-6-4-3-5-7-15/h2,10,13-16H,3-9,11-12H2,1H3. The van der Waals surface area contributed by atoms with E-state index in [0.29, 0.717) is 0 Å². The first-order valence-electron chi connectivity index (χ1n) is 7.71. The van der Waals surface area contributed by atoms with Crippen LogP contribution in [0.1, 0.15) is 64.7 Å². The van der Waals surface area contributed by atoms with Crippen LogP contribution in [0.2, 0.25) is 0 Å². The first-order valence-corrected chi connectivity index (χ1v) is 8.15. The summed E-state index contributed by atoms with van der Waals surface area (Å²) in [6, 6.07) is 0. The highest BCUT2D eigenvalue weighted by Crippen LogP contribution is 2.46. The fourth-order valence-corrected chi connectivity index (χ4v) is 4.35. The van der Waals surface area contributed by atoms with E-state index < -0.39 is 0 Å². The van der Waals surface area contributed by atoms with Crippen LogP contribution in [0.5, 0.6) is 0 Å². The molecular formula is C17H27Cl. The third kappa shape index (κ3) is 3.41. The molecule has 0 bridgehead atoms. The van der Waals surface area contributed by atoms with Gasteiger partial charge in [0.05, 0.1) is 0 Å². The Morgan fingerprint density at radius 3 is 2.06 bits per heavy atom. The molecule has 0 aromatic carbocycles. The van der Waals surface area contributed by atoms with Crippen molar-refractivity contribution in [2.24, 2.45) is 17.3 Å². The van der Waals surface area contributed by atoms with Gasteiger partial charge in [-0.2, -0.15) is 0 Å². The van der Waals surface area contributed by atoms with Gasteiger partial charge >= 0.3 is 0 Å². The molecule has 0 atom stereocenters. The molecule has 0 amide bonds. The second-order valence-corrected chi connectivity index (χ2v) is 6.51. The molecule has 1 heteroatoms. The lowest BCUT2D eigenvalue weighted by Crippen LogP contribution is -2.28. The van der Waals surface area contributed by atoms with E-state index in [2.05, 4.69) is 25.2 Å². The van der Waals surface area contributed by atoms with Crippen LogP contribution in [0.3, 0.4) is 0 Å². The van der Waals surface area contributed by atoms with Crippen LogP contribution in [0.25, 0.3) is 0 Å². The fourth-order valence-electron chi connectivity index (χ4n) is 4.10. The zero-order chi connectivity index (χ0) is 12.8. The van der Waals surface area contributed by atoms with Gasteiger partial charge in [-0.3, -0.25) is 0 Å². The van der Waals surface area contributed by atoms with Gasteiger partial charge in [0.1, 0.15) is 0 Å². The monoisotopic (exact) mass is 266 g/mol. The van der Waals surface area contributed by atoms with E-state index in [1.165, 1.54) is 57.8 Å². The summed E-state index contributed by atoms with van der Waals surface area (Å²) in [6.07, 6.45) is 19.6. The maximum atomic E-state index is 5.83. The van der Waals surface area contributed by atoms with Crippen molar-refractivity contribution in [2.45, 2.75) is 64.7 Å². The topological polar surface area (TPSA) is 0 Å². The number of hydrogen-bond donors (Lipinski definition) is 0. The lowest BCUT2D eigenvalue weighted by atomic mass is 9.65. The molecule has 0 aromatic heterocycles. The van der Waals surface area contributed by atoms with Crippen molar-refractivity contribution < 1.29 is 0 Å². The van der Waals surface area contributed by atoms with Crippen LogP contribution in [-0.4, -0.2) is 0 Å². The summed E-state index contributed by atoms with van der Waals surface area (Å²) in [5.74, 6) is 2.02. The lowest BCUT2D eigenvalue weighted by Gasteiger charge is -2.40. The first-order chi connectivity index (χ1) is 8.79. The van der Waals surface area contributed by atoms with Crippen LogP contribution in [0.15, 0.2) is 23.8 Å². The van der Waals surface area contributed by atoms with E-state index in [4.69, 9.17) is 11.6 Å². The van der Waals surface area contributed by atoms with Crippen molar-refractivity contribution in [3.63, 3.8) is 0 Å². The Kier molecular flexibility index (Phi) is 5.36. The summed E-state index contributed by atoms with van der Waals surface area (Å²) >= 11 is 5.83. The maximum Gasteiger partial charge on any atom is 0.00727 e. The fraction of sp³-hybridized carbons (Fsp3) is 0.765. The molecular weight excluding hydrogens is 240 g/mol. The van der Waals surface area contributed by atoms with Crippen LogP contribution in [0, 0.1) is 17.3 Å². The van der Waals surface area contributed by atoms with Crippen molar-refractivity contribution in [1.29, 1.82) is 0 Å². The van der Waals surface area contributed by atoms with E-state index in [1.54, 1.807) is 5.54 Å². The Labute approximate surface area is 117 Å². The summed E-state index contributed by atoms with van der Waals surface area (Å²) < 4.78 is 0. The molecule has 2 aliphatic rings. The van der Waals surface area contributed by atoms with Crippen molar-refractivity contribution in [3.8, 4) is 0 Å². The summed E-state index contributed by atoms with van der Waals surface area (Å²) in [6.45, 7) is 2.12. The maximum absolute atomic E-state index is 5.83. The van der Waals surface area contributed by atoms with E-state index >= 15 is 0 Å². The van der Waals surface area contributed by atoms with Gasteiger partial charge in [-0.1, -0.05) is 61.9 Å². The summed E-state index contributed by atoms with van der Waals surface area (Å²) in [4.78, 5) is 0. The number of halogens is 1. The second-order valence-electron chi connectivity index (χ2n) is 6.26. The molecule has 0 heterocycles. The third-order valence-corrected chi connectivity index (χ3v) is 5.30. The third-order valence-electron chi connectivity index (χ3n) is 5.17. The normalized spacial score (nSPS) is 35.6. The van der Waals surface area contributed by atoms with Crippen LogP contribution < -0.4 is 0 Å². The van der Waals surface area contributed by atoms with Gasteiger partial charge in [-0.05, 0) is 44.4 Å². The Balaban J connectivity index is 1.92. The number of allylic oxidation sites excluding steroid dienone is 3. The smallest absolute Gasteiger partial charge is 0.00727 e. The second kappa shape index (κ2) is 6.80. The molecule has 2 rings (SSSR count). The number of hydrogen-bond acceptors (Lipinski definition) is 0. The minimum absolute atomic E-state index is 0.266. The average molecular weight is 267 g/mol. The van der Waals surface area contributed by atoms with Gasteiger partial charge in [0.25, 0.3) is 0 Å². The highest BCUT2D eigenvalue weighted by molar-refractivity contribution is 6.25. The Bertz CT molecular complexity index is 275. The summed E-state index contributed by atoms with van der Waals surface area (Å²) in [7, 11) is 0. The molecule has 2 aliphatic carbocycles. The molecule has 0 radical (unpaired) electrons. The Hall–Kier alpha value is -0.230. The van der Waals surface area contributed by atoms with Crippen molar-refractivity contribution in [2.75, 3.05) is 0 Å². The van der Waals surface area contributed by atoms with Gasteiger partial charge in [-0.25, -0.2) is 0 Å². The lowest BCUT2D eigenvalue weighted by molar-refractivity contribution is 0.156. The van der Waals surface area contributed by atoms with Gasteiger partial charge in [0.15, 0.2) is 0 Å². The molecule has 0 nitrogen and oxygen atoms in total. The molecule has 18 heavy (non-hydrogen) atoms. The van der Waals surface area contributed by atoms with E-state index in [0.717, 1.165) is 11.8 Å². The predicted molar refractivity (Wildman–Crippen MR) is 80.8 cm³/mol. The van der Waals surface area contributed by atoms with Gasteiger partial charge < -0.3 is 0 Å². The molecule has 0 aliphatic heterocycles. The molecule has 2 saturated carbocycles. The first kappa shape index (κ1) is 14.2. The molecule has 0 spiro atoms. The zero-order valence-electron chi connectivity index (χ0n) is 11.7. The van der Waals surface area contributed by atoms with E-state index in [-0.39, 0.29) is 5.41 Å². The molecule has 2 fully saturated rings. The van der Waals surface area contributed by atoms with Gasteiger partial charge in [0.2, 0.25) is 0 Å². The van der Waals surface area contributed by atoms with Gasteiger partial charge in [0, 0.05) is 11.0 Å². The van der Waals surface area contributed by atoms with Crippen molar-refractivity contribution in [3.05, 3.63) is 23.8 Å². The van der Waals surface area contributed by atoms with E-state index in [1.807, 2.05) is 0 Å². The minimum atomic E-state index is 0.266. The minimum Gasteiger partial charge on any atom is -0.0933 e. The van der Waals surface area contributed by atoms with E-state index in [9.17, 15) is 0 Å². The molecule has 0 saturated heterocycles. The average Bonchev–Trinajstić information content (AvgIpc) is 2.41. The van der Waals surface area contributed by atoms with Crippen LogP contribution >= 0.6 is 11.6 Å². The Morgan fingerprint density at radius 2 is 1.50 bits per heavy atom. The van der Waals surface area contributed by atoms with Gasteiger partial charge in [-0.15, -0.1) is 0 Å². The molecule has 0 aromatic rings. The molecule has 102 valence electrons. The molecule has 0 unspecified atom stereocenters. The van der Waals surface area contributed by atoms with Crippen molar-refractivity contribution >= 4 is 11.6 Å². The van der Waals surface area contributed by atoms with Crippen molar-refractivity contribution in [1.82, 2.24) is 0 Å². The van der Waals surface area contributed by atoms with Crippen LogP contribution in [-0.2, 0) is 0 Å². The molecule has 0 N–H and O–H groups in total. The predicted octanol–water partition coefficient (Wildman–Crippen LogP) is 6.07. The Morgan fingerprint density at radius 1 is 0.889 bits per heavy atom. The quantitative estimate of drug-likeness (QED) is 0.544. The van der Waals surface area contributed by atoms with Crippen LogP contribution in [0.4, 0.5) is 0 Å². The number of rotatable bonds is 3.